The molecule has 8 heteroatoms. The maximum atomic E-state index is 12.5. The largest absolute Gasteiger partial charge is 0.416 e. The third kappa shape index (κ3) is 4.40. The first-order valence-electron chi connectivity index (χ1n) is 8.76. The number of amides is 1. The van der Waals surface area contributed by atoms with Gasteiger partial charge in [-0.05, 0) is 36.8 Å². The molecular formula is C20H18N4O2S2. The fourth-order valence-corrected chi connectivity index (χ4v) is 4.03. The highest BCUT2D eigenvalue weighted by molar-refractivity contribution is 8.00. The second kappa shape index (κ2) is 8.12. The van der Waals surface area contributed by atoms with Crippen molar-refractivity contribution in [3.8, 4) is 0 Å². The summed E-state index contributed by atoms with van der Waals surface area (Å²) in [5, 5.41) is 16.2. The molecule has 0 unspecified atom stereocenters. The number of hydrogen-bond acceptors (Lipinski definition) is 7. The van der Waals surface area contributed by atoms with E-state index in [9.17, 15) is 4.79 Å². The summed E-state index contributed by atoms with van der Waals surface area (Å²) in [6, 6.07) is 13.9. The van der Waals surface area contributed by atoms with Crippen LogP contribution in [-0.2, 0) is 11.2 Å². The van der Waals surface area contributed by atoms with Crippen molar-refractivity contribution in [2.75, 3.05) is 5.32 Å². The predicted molar refractivity (Wildman–Crippen MR) is 112 cm³/mol. The minimum absolute atomic E-state index is 0.116. The van der Waals surface area contributed by atoms with Crippen LogP contribution in [0, 0.1) is 6.92 Å². The number of aromatic nitrogens is 3. The Kier molecular flexibility index (Phi) is 5.40. The lowest BCUT2D eigenvalue weighted by molar-refractivity contribution is -0.115. The second-order valence-electron chi connectivity index (χ2n) is 6.31. The molecule has 2 aromatic heterocycles. The van der Waals surface area contributed by atoms with Crippen LogP contribution in [0.25, 0.3) is 10.8 Å². The molecule has 6 nitrogen and oxygen atoms in total. The third-order valence-electron chi connectivity index (χ3n) is 4.11. The molecule has 4 rings (SSSR count). The number of nitrogens with zero attached hydrogens (tertiary/aromatic N) is 3. The van der Waals surface area contributed by atoms with Gasteiger partial charge >= 0.3 is 0 Å². The third-order valence-corrected chi connectivity index (χ3v) is 5.87. The predicted octanol–water partition coefficient (Wildman–Crippen LogP) is 4.70. The summed E-state index contributed by atoms with van der Waals surface area (Å²) in [7, 11) is 0. The number of thiazole rings is 1. The van der Waals surface area contributed by atoms with Crippen LogP contribution in [0.1, 0.15) is 23.5 Å². The number of carbonyl (C=O) groups is 1. The van der Waals surface area contributed by atoms with Gasteiger partial charge in [0.1, 0.15) is 0 Å². The molecular weight excluding hydrogens is 392 g/mol. The lowest BCUT2D eigenvalue weighted by Crippen LogP contribution is -2.22. The highest BCUT2D eigenvalue weighted by Crippen LogP contribution is 2.25. The molecule has 0 saturated carbocycles. The quantitative estimate of drug-likeness (QED) is 0.464. The zero-order chi connectivity index (χ0) is 19.5. The van der Waals surface area contributed by atoms with Gasteiger partial charge in [0.25, 0.3) is 5.22 Å². The SMILES string of the molecule is Cc1nc(Cc2nnc(S[C@@H](C)C(=O)Nc3ccc4ccccc4c3)o2)cs1. The molecule has 142 valence electrons. The van der Waals surface area contributed by atoms with Gasteiger partial charge in [-0.1, -0.05) is 42.1 Å². The Balaban J connectivity index is 1.37. The van der Waals surface area contributed by atoms with E-state index in [0.717, 1.165) is 27.2 Å². The van der Waals surface area contributed by atoms with E-state index in [-0.39, 0.29) is 11.2 Å². The lowest BCUT2D eigenvalue weighted by Gasteiger charge is -2.10. The van der Waals surface area contributed by atoms with Gasteiger partial charge in [-0.3, -0.25) is 4.79 Å². The van der Waals surface area contributed by atoms with Gasteiger partial charge < -0.3 is 9.73 Å². The van der Waals surface area contributed by atoms with Gasteiger partial charge in [0, 0.05) is 11.1 Å². The Hall–Kier alpha value is -2.71. The molecule has 1 amide bonds. The van der Waals surface area contributed by atoms with Gasteiger partial charge in [-0.2, -0.15) is 0 Å². The molecule has 0 radical (unpaired) electrons. The van der Waals surface area contributed by atoms with Crippen molar-refractivity contribution in [3.05, 3.63) is 64.4 Å². The van der Waals surface area contributed by atoms with Crippen molar-refractivity contribution in [2.45, 2.75) is 30.7 Å². The fourth-order valence-electron chi connectivity index (χ4n) is 2.72. The first kappa shape index (κ1) is 18.6. The maximum Gasteiger partial charge on any atom is 0.277 e. The van der Waals surface area contributed by atoms with Crippen LogP contribution in [0.2, 0.25) is 0 Å². The van der Waals surface area contributed by atoms with Gasteiger partial charge in [0.05, 0.1) is 22.4 Å². The Labute approximate surface area is 170 Å². The van der Waals surface area contributed by atoms with E-state index in [1.807, 2.05) is 61.7 Å². The van der Waals surface area contributed by atoms with Crippen molar-refractivity contribution in [2.24, 2.45) is 0 Å². The molecule has 1 atom stereocenters. The molecule has 28 heavy (non-hydrogen) atoms. The summed E-state index contributed by atoms with van der Waals surface area (Å²) in [5.74, 6) is 0.380. The summed E-state index contributed by atoms with van der Waals surface area (Å²) in [6.45, 7) is 3.77. The maximum absolute atomic E-state index is 12.5. The molecule has 0 aliphatic heterocycles. The first-order chi connectivity index (χ1) is 13.6. The number of rotatable bonds is 6. The van der Waals surface area contributed by atoms with Gasteiger partial charge in [-0.25, -0.2) is 4.98 Å². The monoisotopic (exact) mass is 410 g/mol. The zero-order valence-corrected chi connectivity index (χ0v) is 17.0. The highest BCUT2D eigenvalue weighted by atomic mass is 32.2. The summed E-state index contributed by atoms with van der Waals surface area (Å²) in [5.41, 5.74) is 1.67. The highest BCUT2D eigenvalue weighted by Gasteiger charge is 2.19. The number of fused-ring (bicyclic) bond motifs is 1. The van der Waals surface area contributed by atoms with Gasteiger partial charge in [0.2, 0.25) is 11.8 Å². The van der Waals surface area contributed by atoms with Crippen LogP contribution >= 0.6 is 23.1 Å². The number of anilines is 1. The van der Waals surface area contributed by atoms with E-state index >= 15 is 0 Å². The average molecular weight is 411 g/mol. The number of carbonyl (C=O) groups excluding carboxylic acids is 1. The second-order valence-corrected chi connectivity index (χ2v) is 8.66. The van der Waals surface area contributed by atoms with Crippen LogP contribution in [0.15, 0.2) is 57.5 Å². The van der Waals surface area contributed by atoms with Crippen molar-refractivity contribution in [1.29, 1.82) is 0 Å². The minimum atomic E-state index is -0.374. The molecule has 0 saturated heterocycles. The van der Waals surface area contributed by atoms with Crippen LogP contribution in [0.4, 0.5) is 5.69 Å². The Morgan fingerprint density at radius 3 is 2.82 bits per heavy atom. The number of hydrogen-bond donors (Lipinski definition) is 1. The van der Waals surface area contributed by atoms with Crippen LogP contribution in [0.5, 0.6) is 0 Å². The first-order valence-corrected chi connectivity index (χ1v) is 10.5. The number of thioether (sulfide) groups is 1. The van der Waals surface area contributed by atoms with E-state index in [4.69, 9.17) is 4.42 Å². The molecule has 2 heterocycles. The van der Waals surface area contributed by atoms with E-state index in [0.29, 0.717) is 17.5 Å². The molecule has 2 aromatic carbocycles. The smallest absolute Gasteiger partial charge is 0.277 e. The van der Waals surface area contributed by atoms with Gasteiger partial charge in [-0.15, -0.1) is 21.5 Å². The lowest BCUT2D eigenvalue weighted by atomic mass is 10.1. The standard InChI is InChI=1S/C20H18N4O2S2/c1-12(19(25)22-16-8-7-14-5-3-4-6-15(14)9-16)28-20-24-23-18(26-20)10-17-11-27-13(2)21-17/h3-9,11-12H,10H2,1-2H3,(H,22,25)/t12-/m0/s1. The van der Waals surface area contributed by atoms with E-state index in [2.05, 4.69) is 20.5 Å². The topological polar surface area (TPSA) is 80.9 Å². The summed E-state index contributed by atoms with van der Waals surface area (Å²) < 4.78 is 5.65. The van der Waals surface area contributed by atoms with E-state index in [1.54, 1.807) is 11.3 Å². The number of aryl methyl sites for hydroxylation is 1. The average Bonchev–Trinajstić information content (AvgIpc) is 3.30. The fraction of sp³-hybridized carbons (Fsp3) is 0.200. The minimum Gasteiger partial charge on any atom is -0.416 e. The molecule has 0 fully saturated rings. The molecule has 0 aliphatic carbocycles. The van der Waals surface area contributed by atoms with E-state index < -0.39 is 0 Å². The van der Waals surface area contributed by atoms with Crippen molar-refractivity contribution in [3.63, 3.8) is 0 Å². The van der Waals surface area contributed by atoms with E-state index in [1.165, 1.54) is 11.8 Å². The molecule has 4 aromatic rings. The number of benzene rings is 2. The van der Waals surface area contributed by atoms with Crippen molar-refractivity contribution < 1.29 is 9.21 Å². The molecule has 0 spiro atoms. The van der Waals surface area contributed by atoms with Crippen molar-refractivity contribution >= 4 is 45.5 Å². The molecule has 1 N–H and O–H groups in total. The summed E-state index contributed by atoms with van der Waals surface area (Å²) in [6.07, 6.45) is 0.496. The Morgan fingerprint density at radius 2 is 2.04 bits per heavy atom. The molecule has 0 aliphatic rings. The van der Waals surface area contributed by atoms with Crippen LogP contribution in [0.3, 0.4) is 0 Å². The van der Waals surface area contributed by atoms with Gasteiger partial charge in [0.15, 0.2) is 0 Å². The van der Waals surface area contributed by atoms with Crippen LogP contribution in [-0.4, -0.2) is 26.3 Å². The zero-order valence-electron chi connectivity index (χ0n) is 15.4. The normalized spacial score (nSPS) is 12.2. The van der Waals surface area contributed by atoms with Crippen molar-refractivity contribution in [1.82, 2.24) is 15.2 Å². The number of nitrogens with one attached hydrogen (secondary N) is 1. The summed E-state index contributed by atoms with van der Waals surface area (Å²) in [4.78, 5) is 16.9. The molecule has 0 bridgehead atoms. The Bertz CT molecular complexity index is 1120. The summed E-state index contributed by atoms with van der Waals surface area (Å²) >= 11 is 2.83. The Morgan fingerprint density at radius 1 is 1.21 bits per heavy atom. The van der Waals surface area contributed by atoms with Crippen LogP contribution < -0.4 is 5.32 Å².